The average molecular weight is 329 g/mol. The summed E-state index contributed by atoms with van der Waals surface area (Å²) in [6.07, 6.45) is 5.48. The molecule has 0 bridgehead atoms. The first-order valence-electron chi connectivity index (χ1n) is 8.03. The van der Waals surface area contributed by atoms with Crippen LogP contribution in [-0.4, -0.2) is 41.8 Å². The van der Waals surface area contributed by atoms with E-state index >= 15 is 0 Å². The predicted molar refractivity (Wildman–Crippen MR) is 85.8 cm³/mol. The van der Waals surface area contributed by atoms with Gasteiger partial charge in [-0.15, -0.1) is 0 Å². The molecule has 0 saturated carbocycles. The number of rotatable bonds is 3. The Morgan fingerprint density at radius 3 is 3.12 bits per heavy atom. The van der Waals surface area contributed by atoms with E-state index in [1.807, 2.05) is 6.20 Å². The zero-order valence-electron chi connectivity index (χ0n) is 13.4. The van der Waals surface area contributed by atoms with E-state index in [9.17, 15) is 4.79 Å². The molecule has 4 rings (SSSR count). The number of aromatic nitrogens is 2. The number of ether oxygens (including phenoxy) is 3. The number of benzene rings is 1. The van der Waals surface area contributed by atoms with Crippen molar-refractivity contribution in [2.24, 2.45) is 0 Å². The van der Waals surface area contributed by atoms with E-state index in [0.29, 0.717) is 36.0 Å². The molecule has 1 unspecified atom stereocenters. The minimum atomic E-state index is -0.140. The summed E-state index contributed by atoms with van der Waals surface area (Å²) in [5.41, 5.74) is 0.507. The standard InChI is InChI=1S/C17H19N3O4/c1-22-13-8-11(9-14-16(13)24-7-6-23-14)17(21)19-12-2-3-15-18-4-5-20(15)10-12/h4-5,8-9,12H,2-3,6-7,10H2,1H3,(H,19,21). The number of methoxy groups -OCH3 is 1. The summed E-state index contributed by atoms with van der Waals surface area (Å²) in [5, 5.41) is 3.08. The Kier molecular flexibility index (Phi) is 3.76. The van der Waals surface area contributed by atoms with Gasteiger partial charge in [0.25, 0.3) is 5.91 Å². The lowest BCUT2D eigenvalue weighted by Gasteiger charge is -2.25. The first-order valence-corrected chi connectivity index (χ1v) is 8.03. The monoisotopic (exact) mass is 329 g/mol. The fraction of sp³-hybridized carbons (Fsp3) is 0.412. The number of hydrogen-bond acceptors (Lipinski definition) is 5. The zero-order chi connectivity index (χ0) is 16.5. The van der Waals surface area contributed by atoms with Crippen LogP contribution in [-0.2, 0) is 13.0 Å². The molecule has 24 heavy (non-hydrogen) atoms. The second-order valence-corrected chi connectivity index (χ2v) is 5.91. The molecule has 1 aromatic carbocycles. The van der Waals surface area contributed by atoms with E-state index in [0.717, 1.165) is 25.2 Å². The molecule has 1 N–H and O–H groups in total. The van der Waals surface area contributed by atoms with E-state index in [4.69, 9.17) is 14.2 Å². The Bertz CT molecular complexity index is 754. The van der Waals surface area contributed by atoms with E-state index in [2.05, 4.69) is 14.9 Å². The molecule has 0 spiro atoms. The number of carbonyl (C=O) groups is 1. The van der Waals surface area contributed by atoms with Crippen LogP contribution < -0.4 is 19.5 Å². The molecule has 7 heteroatoms. The van der Waals surface area contributed by atoms with Crippen LogP contribution in [0.3, 0.4) is 0 Å². The number of carbonyl (C=O) groups excluding carboxylic acids is 1. The quantitative estimate of drug-likeness (QED) is 0.921. The van der Waals surface area contributed by atoms with Crippen LogP contribution >= 0.6 is 0 Å². The second kappa shape index (κ2) is 6.07. The Labute approximate surface area is 139 Å². The van der Waals surface area contributed by atoms with Gasteiger partial charge >= 0.3 is 0 Å². The summed E-state index contributed by atoms with van der Waals surface area (Å²) >= 11 is 0. The summed E-state index contributed by atoms with van der Waals surface area (Å²) < 4.78 is 18.6. The van der Waals surface area contributed by atoms with Crippen molar-refractivity contribution in [3.05, 3.63) is 35.9 Å². The maximum Gasteiger partial charge on any atom is 0.251 e. The molecule has 0 saturated heterocycles. The maximum absolute atomic E-state index is 12.6. The Morgan fingerprint density at radius 2 is 2.25 bits per heavy atom. The van der Waals surface area contributed by atoms with Gasteiger partial charge in [0.2, 0.25) is 5.75 Å². The fourth-order valence-corrected chi connectivity index (χ4v) is 3.16. The molecule has 2 aliphatic rings. The van der Waals surface area contributed by atoms with Gasteiger partial charge in [-0.3, -0.25) is 4.79 Å². The largest absolute Gasteiger partial charge is 0.493 e. The van der Waals surface area contributed by atoms with Gasteiger partial charge in [0.15, 0.2) is 11.5 Å². The Hall–Kier alpha value is -2.70. The SMILES string of the molecule is COc1cc(C(=O)NC2CCc3nccn3C2)cc2c1OCCO2. The minimum Gasteiger partial charge on any atom is -0.493 e. The summed E-state index contributed by atoms with van der Waals surface area (Å²) in [7, 11) is 1.55. The second-order valence-electron chi connectivity index (χ2n) is 5.91. The van der Waals surface area contributed by atoms with Crippen molar-refractivity contribution in [3.63, 3.8) is 0 Å². The third-order valence-corrected chi connectivity index (χ3v) is 4.36. The number of amides is 1. The molecule has 0 radical (unpaired) electrons. The van der Waals surface area contributed by atoms with Crippen LogP contribution in [0.2, 0.25) is 0 Å². The molecule has 3 heterocycles. The summed E-state index contributed by atoms with van der Waals surface area (Å²) in [4.78, 5) is 16.9. The Morgan fingerprint density at radius 1 is 1.38 bits per heavy atom. The smallest absolute Gasteiger partial charge is 0.251 e. The molecule has 2 aromatic rings. The highest BCUT2D eigenvalue weighted by atomic mass is 16.6. The van der Waals surface area contributed by atoms with Gasteiger partial charge in [0, 0.05) is 37.0 Å². The molecule has 1 amide bonds. The fourth-order valence-electron chi connectivity index (χ4n) is 3.16. The first-order chi connectivity index (χ1) is 11.7. The van der Waals surface area contributed by atoms with Gasteiger partial charge in [-0.05, 0) is 18.6 Å². The van der Waals surface area contributed by atoms with Crippen LogP contribution in [0.1, 0.15) is 22.6 Å². The zero-order valence-corrected chi connectivity index (χ0v) is 13.4. The van der Waals surface area contributed by atoms with Crippen molar-refractivity contribution in [1.29, 1.82) is 0 Å². The van der Waals surface area contributed by atoms with Crippen molar-refractivity contribution < 1.29 is 19.0 Å². The highest BCUT2D eigenvalue weighted by molar-refractivity contribution is 5.95. The van der Waals surface area contributed by atoms with Gasteiger partial charge < -0.3 is 24.1 Å². The lowest BCUT2D eigenvalue weighted by molar-refractivity contribution is 0.0925. The van der Waals surface area contributed by atoms with Crippen LogP contribution in [0.4, 0.5) is 0 Å². The number of imidazole rings is 1. The summed E-state index contributed by atoms with van der Waals surface area (Å²) in [6.45, 7) is 1.68. The van der Waals surface area contributed by atoms with Gasteiger partial charge in [0.1, 0.15) is 19.0 Å². The molecule has 2 aliphatic heterocycles. The number of hydrogen-bond donors (Lipinski definition) is 1. The predicted octanol–water partition coefficient (Wildman–Crippen LogP) is 1.41. The van der Waals surface area contributed by atoms with Gasteiger partial charge in [0.05, 0.1) is 7.11 Å². The normalized spacial score (nSPS) is 18.6. The van der Waals surface area contributed by atoms with Crippen LogP contribution in [0, 0.1) is 0 Å². The molecule has 1 aromatic heterocycles. The maximum atomic E-state index is 12.6. The van der Waals surface area contributed by atoms with Gasteiger partial charge in [-0.2, -0.15) is 0 Å². The third kappa shape index (κ3) is 2.66. The highest BCUT2D eigenvalue weighted by Crippen LogP contribution is 2.40. The third-order valence-electron chi connectivity index (χ3n) is 4.36. The molecule has 0 aliphatic carbocycles. The molecule has 1 atom stereocenters. The van der Waals surface area contributed by atoms with Crippen molar-refractivity contribution in [1.82, 2.24) is 14.9 Å². The Balaban J connectivity index is 1.52. The lowest BCUT2D eigenvalue weighted by Crippen LogP contribution is -2.40. The molecule has 126 valence electrons. The van der Waals surface area contributed by atoms with Crippen LogP contribution in [0.25, 0.3) is 0 Å². The first kappa shape index (κ1) is 14.9. The number of aryl methyl sites for hydroxylation is 1. The van der Waals surface area contributed by atoms with E-state index in [-0.39, 0.29) is 11.9 Å². The van der Waals surface area contributed by atoms with Crippen molar-refractivity contribution in [2.45, 2.75) is 25.4 Å². The lowest BCUT2D eigenvalue weighted by atomic mass is 10.1. The molecular formula is C17H19N3O4. The number of fused-ring (bicyclic) bond motifs is 2. The molecule has 0 fully saturated rings. The summed E-state index contributed by atoms with van der Waals surface area (Å²) in [6, 6.07) is 3.48. The van der Waals surface area contributed by atoms with E-state index < -0.39 is 0 Å². The highest BCUT2D eigenvalue weighted by Gasteiger charge is 2.24. The summed E-state index contributed by atoms with van der Waals surface area (Å²) in [5.74, 6) is 2.55. The van der Waals surface area contributed by atoms with Crippen LogP contribution in [0.15, 0.2) is 24.5 Å². The van der Waals surface area contributed by atoms with Crippen molar-refractivity contribution in [2.75, 3.05) is 20.3 Å². The van der Waals surface area contributed by atoms with E-state index in [1.165, 1.54) is 0 Å². The minimum absolute atomic E-state index is 0.0818. The molecular weight excluding hydrogens is 310 g/mol. The van der Waals surface area contributed by atoms with Crippen molar-refractivity contribution >= 4 is 5.91 Å². The van der Waals surface area contributed by atoms with Gasteiger partial charge in [-0.1, -0.05) is 0 Å². The van der Waals surface area contributed by atoms with E-state index in [1.54, 1.807) is 25.4 Å². The molecule has 7 nitrogen and oxygen atoms in total. The van der Waals surface area contributed by atoms with Crippen molar-refractivity contribution in [3.8, 4) is 17.2 Å². The van der Waals surface area contributed by atoms with Crippen LogP contribution in [0.5, 0.6) is 17.2 Å². The topological polar surface area (TPSA) is 74.6 Å². The van der Waals surface area contributed by atoms with Gasteiger partial charge in [-0.25, -0.2) is 4.98 Å². The number of nitrogens with one attached hydrogen (secondary N) is 1. The number of nitrogens with zero attached hydrogens (tertiary/aromatic N) is 2. The average Bonchev–Trinajstić information content (AvgIpc) is 3.08.